The van der Waals surface area contributed by atoms with E-state index in [2.05, 4.69) is 15.3 Å². The van der Waals surface area contributed by atoms with E-state index in [1.54, 1.807) is 0 Å². The highest BCUT2D eigenvalue weighted by atomic mass is 32.2. The van der Waals surface area contributed by atoms with Crippen molar-refractivity contribution >= 4 is 23.6 Å². The molecule has 0 aromatic carbocycles. The molecule has 1 aliphatic rings. The van der Waals surface area contributed by atoms with Crippen LogP contribution in [0.3, 0.4) is 0 Å². The van der Waals surface area contributed by atoms with E-state index in [1.807, 2.05) is 24.8 Å². The third-order valence-corrected chi connectivity index (χ3v) is 4.24. The van der Waals surface area contributed by atoms with Gasteiger partial charge in [-0.05, 0) is 32.8 Å². The van der Waals surface area contributed by atoms with E-state index in [0.717, 1.165) is 37.3 Å². The van der Waals surface area contributed by atoms with Crippen molar-refractivity contribution in [3.63, 3.8) is 0 Å². The predicted octanol–water partition coefficient (Wildman–Crippen LogP) is 1.31. The van der Waals surface area contributed by atoms with Crippen LogP contribution in [-0.4, -0.2) is 52.1 Å². The summed E-state index contributed by atoms with van der Waals surface area (Å²) in [4.78, 5) is 33.7. The zero-order valence-corrected chi connectivity index (χ0v) is 13.9. The maximum Gasteiger partial charge on any atom is 0.230 e. The van der Waals surface area contributed by atoms with Gasteiger partial charge in [-0.15, -0.1) is 0 Å². The smallest absolute Gasteiger partial charge is 0.230 e. The summed E-state index contributed by atoms with van der Waals surface area (Å²) in [6.45, 7) is 6.01. The van der Waals surface area contributed by atoms with E-state index < -0.39 is 0 Å². The number of aromatic nitrogens is 2. The van der Waals surface area contributed by atoms with Gasteiger partial charge in [0.25, 0.3) is 0 Å². The molecule has 1 N–H and O–H groups in total. The van der Waals surface area contributed by atoms with Gasteiger partial charge in [-0.2, -0.15) is 0 Å². The lowest BCUT2D eigenvalue weighted by Crippen LogP contribution is -2.31. The second-order valence-electron chi connectivity index (χ2n) is 5.41. The topological polar surface area (TPSA) is 75.2 Å². The molecule has 1 fully saturated rings. The Labute approximate surface area is 135 Å². The fraction of sp³-hybridized carbons (Fsp3) is 0.600. The first-order chi connectivity index (χ1) is 10.5. The lowest BCUT2D eigenvalue weighted by molar-refractivity contribution is -0.127. The van der Waals surface area contributed by atoms with E-state index in [-0.39, 0.29) is 11.8 Å². The van der Waals surface area contributed by atoms with E-state index in [4.69, 9.17) is 0 Å². The number of amides is 2. The minimum Gasteiger partial charge on any atom is -0.355 e. The molecule has 0 radical (unpaired) electrons. The molecule has 120 valence electrons. The van der Waals surface area contributed by atoms with Gasteiger partial charge in [-0.3, -0.25) is 9.59 Å². The molecule has 1 saturated heterocycles. The van der Waals surface area contributed by atoms with Gasteiger partial charge in [0.1, 0.15) is 0 Å². The van der Waals surface area contributed by atoms with Crippen LogP contribution in [-0.2, 0) is 9.59 Å². The third-order valence-electron chi connectivity index (χ3n) is 3.39. The number of hydrogen-bond acceptors (Lipinski definition) is 5. The SMILES string of the molecule is Cc1cc(C)nc(SCC(=O)NCCCN2CCCC2=O)n1. The molecule has 0 unspecified atom stereocenters. The number of hydrogen-bond donors (Lipinski definition) is 1. The van der Waals surface area contributed by atoms with Crippen LogP contribution in [0.2, 0.25) is 0 Å². The summed E-state index contributed by atoms with van der Waals surface area (Å²) in [5.41, 5.74) is 1.82. The molecule has 0 spiro atoms. The summed E-state index contributed by atoms with van der Waals surface area (Å²) < 4.78 is 0. The maximum atomic E-state index is 11.8. The Morgan fingerprint density at radius 3 is 2.73 bits per heavy atom. The van der Waals surface area contributed by atoms with Crippen molar-refractivity contribution in [3.05, 3.63) is 17.5 Å². The molecule has 2 amide bonds. The van der Waals surface area contributed by atoms with Gasteiger partial charge in [0.15, 0.2) is 5.16 Å². The summed E-state index contributed by atoms with van der Waals surface area (Å²) in [5.74, 6) is 0.514. The van der Waals surface area contributed by atoms with Crippen molar-refractivity contribution in [2.75, 3.05) is 25.4 Å². The monoisotopic (exact) mass is 322 g/mol. The van der Waals surface area contributed by atoms with Gasteiger partial charge >= 0.3 is 0 Å². The van der Waals surface area contributed by atoms with E-state index in [9.17, 15) is 9.59 Å². The fourth-order valence-corrected chi connectivity index (χ4v) is 3.16. The predicted molar refractivity (Wildman–Crippen MR) is 85.7 cm³/mol. The molecule has 1 aliphatic heterocycles. The van der Waals surface area contributed by atoms with Gasteiger partial charge in [0.2, 0.25) is 11.8 Å². The van der Waals surface area contributed by atoms with Crippen molar-refractivity contribution in [2.45, 2.75) is 38.3 Å². The van der Waals surface area contributed by atoms with E-state index in [0.29, 0.717) is 23.9 Å². The molecule has 0 saturated carbocycles. The molecule has 0 bridgehead atoms. The standard InChI is InChI=1S/C15H22N4O2S/c1-11-9-12(2)18-15(17-11)22-10-13(20)16-6-4-8-19-7-3-5-14(19)21/h9H,3-8,10H2,1-2H3,(H,16,20). The number of nitrogens with zero attached hydrogens (tertiary/aromatic N) is 3. The van der Waals surface area contributed by atoms with Crippen LogP contribution < -0.4 is 5.32 Å². The number of nitrogens with one attached hydrogen (secondary N) is 1. The van der Waals surface area contributed by atoms with Crippen LogP contribution in [0.1, 0.15) is 30.7 Å². The molecule has 22 heavy (non-hydrogen) atoms. The number of likely N-dealkylation sites (tertiary alicyclic amines) is 1. The number of carbonyl (C=O) groups excluding carboxylic acids is 2. The van der Waals surface area contributed by atoms with Crippen molar-refractivity contribution in [1.82, 2.24) is 20.2 Å². The Balaban J connectivity index is 1.62. The minimum absolute atomic E-state index is 0.0273. The van der Waals surface area contributed by atoms with Gasteiger partial charge in [-0.1, -0.05) is 11.8 Å². The summed E-state index contributed by atoms with van der Waals surface area (Å²) in [6, 6.07) is 1.91. The zero-order valence-electron chi connectivity index (χ0n) is 13.1. The zero-order chi connectivity index (χ0) is 15.9. The van der Waals surface area contributed by atoms with Crippen LogP contribution in [0, 0.1) is 13.8 Å². The first-order valence-electron chi connectivity index (χ1n) is 7.54. The minimum atomic E-state index is -0.0273. The van der Waals surface area contributed by atoms with Crippen LogP contribution >= 0.6 is 11.8 Å². The van der Waals surface area contributed by atoms with Gasteiger partial charge in [0.05, 0.1) is 5.75 Å². The molecule has 0 aliphatic carbocycles. The fourth-order valence-electron chi connectivity index (χ4n) is 2.38. The highest BCUT2D eigenvalue weighted by Crippen LogP contribution is 2.13. The summed E-state index contributed by atoms with van der Waals surface area (Å²) in [5, 5.41) is 3.50. The van der Waals surface area contributed by atoms with Gasteiger partial charge < -0.3 is 10.2 Å². The molecule has 1 aromatic rings. The van der Waals surface area contributed by atoms with Crippen molar-refractivity contribution in [1.29, 1.82) is 0 Å². The Kier molecular flexibility index (Phi) is 6.18. The summed E-state index contributed by atoms with van der Waals surface area (Å²) >= 11 is 1.34. The van der Waals surface area contributed by atoms with Crippen LogP contribution in [0.25, 0.3) is 0 Å². The Morgan fingerprint density at radius 2 is 2.09 bits per heavy atom. The lowest BCUT2D eigenvalue weighted by atomic mass is 10.4. The molecule has 7 heteroatoms. The van der Waals surface area contributed by atoms with E-state index >= 15 is 0 Å². The highest BCUT2D eigenvalue weighted by molar-refractivity contribution is 7.99. The normalized spacial score (nSPS) is 14.5. The average Bonchev–Trinajstić information content (AvgIpc) is 2.86. The molecule has 2 heterocycles. The molecule has 0 atom stereocenters. The largest absolute Gasteiger partial charge is 0.355 e. The molecular formula is C15H22N4O2S. The van der Waals surface area contributed by atoms with Crippen molar-refractivity contribution in [3.8, 4) is 0 Å². The van der Waals surface area contributed by atoms with Crippen LogP contribution in [0.4, 0.5) is 0 Å². The highest BCUT2D eigenvalue weighted by Gasteiger charge is 2.19. The van der Waals surface area contributed by atoms with E-state index in [1.165, 1.54) is 11.8 Å². The summed E-state index contributed by atoms with van der Waals surface area (Å²) in [6.07, 6.45) is 2.42. The Morgan fingerprint density at radius 1 is 1.36 bits per heavy atom. The maximum absolute atomic E-state index is 11.8. The molecular weight excluding hydrogens is 300 g/mol. The third kappa shape index (κ3) is 5.29. The van der Waals surface area contributed by atoms with Crippen molar-refractivity contribution in [2.24, 2.45) is 0 Å². The van der Waals surface area contributed by atoms with Crippen molar-refractivity contribution < 1.29 is 9.59 Å². The lowest BCUT2D eigenvalue weighted by Gasteiger charge is -2.15. The second kappa shape index (κ2) is 8.12. The molecule has 6 nitrogen and oxygen atoms in total. The molecule has 2 rings (SSSR count). The molecule has 1 aromatic heterocycles. The average molecular weight is 322 g/mol. The number of aryl methyl sites for hydroxylation is 2. The number of thioether (sulfide) groups is 1. The quantitative estimate of drug-likeness (QED) is 0.465. The number of carbonyl (C=O) groups is 2. The van der Waals surface area contributed by atoms with Crippen LogP contribution in [0.5, 0.6) is 0 Å². The first kappa shape index (κ1) is 16.7. The first-order valence-corrected chi connectivity index (χ1v) is 8.53. The summed E-state index contributed by atoms with van der Waals surface area (Å²) in [7, 11) is 0. The number of rotatable bonds is 7. The Bertz CT molecular complexity index is 530. The second-order valence-corrected chi connectivity index (χ2v) is 6.35. The van der Waals surface area contributed by atoms with Gasteiger partial charge in [-0.25, -0.2) is 9.97 Å². The van der Waals surface area contributed by atoms with Crippen LogP contribution in [0.15, 0.2) is 11.2 Å². The van der Waals surface area contributed by atoms with Gasteiger partial charge in [0, 0.05) is 37.4 Å². The Hall–Kier alpha value is -1.63.